The second kappa shape index (κ2) is 12.2. The number of sulfonamides is 1. The minimum Gasteiger partial charge on any atom is -0.393 e. The summed E-state index contributed by atoms with van der Waals surface area (Å²) >= 11 is 0. The van der Waals surface area contributed by atoms with Gasteiger partial charge in [-0.3, -0.25) is 9.21 Å². The van der Waals surface area contributed by atoms with Crippen LogP contribution in [-0.2, 0) is 20.2 Å². The third kappa shape index (κ3) is 6.46. The molecule has 1 aromatic heterocycles. The lowest BCUT2D eigenvalue weighted by Gasteiger charge is -2.26. The van der Waals surface area contributed by atoms with Crippen LogP contribution < -0.4 is 14.4 Å². The highest BCUT2D eigenvalue weighted by Gasteiger charge is 2.25. The molecule has 0 aliphatic carbocycles. The Kier molecular flexibility index (Phi) is 8.58. The van der Waals surface area contributed by atoms with Gasteiger partial charge in [-0.2, -0.15) is 0 Å². The van der Waals surface area contributed by atoms with Crippen LogP contribution in [0.5, 0.6) is 5.88 Å². The van der Waals surface area contributed by atoms with E-state index in [1.54, 1.807) is 37.4 Å². The van der Waals surface area contributed by atoms with Crippen LogP contribution in [0.2, 0.25) is 0 Å². The highest BCUT2D eigenvalue weighted by Crippen LogP contribution is 2.39. The lowest BCUT2D eigenvalue weighted by atomic mass is 9.87. The van der Waals surface area contributed by atoms with Crippen molar-refractivity contribution in [2.45, 2.75) is 31.1 Å². The van der Waals surface area contributed by atoms with Gasteiger partial charge in [0.15, 0.2) is 0 Å². The third-order valence-corrected chi connectivity index (χ3v) is 9.35. The Bertz CT molecular complexity index is 1640. The molecule has 1 amide bonds. The smallest absolute Gasteiger partial charge is 0.393 e. The fraction of sp³-hybridized carbons (Fsp3) is 0.344. The molecule has 42 heavy (non-hydrogen) atoms. The van der Waals surface area contributed by atoms with E-state index < -0.39 is 16.1 Å². The number of rotatable bonds is 8. The molecule has 222 valence electrons. The number of benzene rings is 3. The molecule has 9 nitrogen and oxygen atoms in total. The number of carbonyl (C=O) groups is 1. The summed E-state index contributed by atoms with van der Waals surface area (Å²) < 4.78 is 39.6. The molecule has 3 aromatic carbocycles. The van der Waals surface area contributed by atoms with E-state index in [1.807, 2.05) is 42.5 Å². The average Bonchev–Trinajstić information content (AvgIpc) is 3.34. The summed E-state index contributed by atoms with van der Waals surface area (Å²) in [5.74, 6) is 0.292. The minimum atomic E-state index is -3.82. The Morgan fingerprint density at radius 3 is 2.38 bits per heavy atom. The summed E-state index contributed by atoms with van der Waals surface area (Å²) in [5, 5.41) is 3.57. The van der Waals surface area contributed by atoms with Crippen molar-refractivity contribution < 1.29 is 22.7 Å². The Hall–Kier alpha value is -3.86. The summed E-state index contributed by atoms with van der Waals surface area (Å²) in [6, 6.07) is 21.9. The first-order valence-corrected chi connectivity index (χ1v) is 15.5. The van der Waals surface area contributed by atoms with Gasteiger partial charge in [0.1, 0.15) is 0 Å². The van der Waals surface area contributed by atoms with Crippen LogP contribution in [0.3, 0.4) is 0 Å². The lowest BCUT2D eigenvalue weighted by molar-refractivity contribution is 0.0385. The summed E-state index contributed by atoms with van der Waals surface area (Å²) in [7, 11) is -2.27. The van der Waals surface area contributed by atoms with Crippen molar-refractivity contribution in [2.75, 3.05) is 50.7 Å². The van der Waals surface area contributed by atoms with Gasteiger partial charge in [0, 0.05) is 44.1 Å². The summed E-state index contributed by atoms with van der Waals surface area (Å²) in [6.45, 7) is 10.5. The van der Waals surface area contributed by atoms with Crippen LogP contribution in [0.4, 0.5) is 10.5 Å². The molecule has 1 saturated heterocycles. The molecule has 0 unspecified atom stereocenters. The molecule has 5 rings (SSSR count). The molecule has 0 radical (unpaired) electrons. The van der Waals surface area contributed by atoms with E-state index in [-0.39, 0.29) is 10.3 Å². The van der Waals surface area contributed by atoms with E-state index in [1.165, 1.54) is 4.31 Å². The van der Waals surface area contributed by atoms with E-state index in [0.29, 0.717) is 49.0 Å². The van der Waals surface area contributed by atoms with E-state index in [0.717, 1.165) is 29.6 Å². The number of nitrogens with zero attached hydrogens (tertiary/aromatic N) is 2. The van der Waals surface area contributed by atoms with Gasteiger partial charge in [0.2, 0.25) is 5.88 Å². The highest BCUT2D eigenvalue weighted by molar-refractivity contribution is 7.92. The van der Waals surface area contributed by atoms with Gasteiger partial charge in [-0.15, -0.1) is 0 Å². The summed E-state index contributed by atoms with van der Waals surface area (Å²) in [5.41, 5.74) is 3.69. The SMILES string of the molecule is CN(c1ccc2[nH]c(OC(=O)NCCN3CCOCC3)c(-c3ccccc3)c2c1)S(=O)(=O)c1ccc(C(C)(C)C)cc1. The highest BCUT2D eigenvalue weighted by atomic mass is 32.2. The second-order valence-electron chi connectivity index (χ2n) is 11.4. The number of aromatic nitrogens is 1. The normalized spacial score (nSPS) is 14.6. The topological polar surface area (TPSA) is 104 Å². The maximum Gasteiger partial charge on any atom is 0.413 e. The lowest BCUT2D eigenvalue weighted by Crippen LogP contribution is -2.41. The average molecular weight is 591 g/mol. The molecule has 1 aliphatic rings. The number of anilines is 1. The molecule has 0 spiro atoms. The molecule has 4 aromatic rings. The number of carbonyl (C=O) groups excluding carboxylic acids is 1. The minimum absolute atomic E-state index is 0.0826. The van der Waals surface area contributed by atoms with Crippen LogP contribution >= 0.6 is 0 Å². The molecule has 10 heteroatoms. The number of hydrogen-bond donors (Lipinski definition) is 2. The summed E-state index contributed by atoms with van der Waals surface area (Å²) in [6.07, 6.45) is -0.564. The van der Waals surface area contributed by atoms with Gasteiger partial charge >= 0.3 is 6.09 Å². The zero-order valence-corrected chi connectivity index (χ0v) is 25.3. The van der Waals surface area contributed by atoms with Crippen molar-refractivity contribution >= 4 is 32.7 Å². The van der Waals surface area contributed by atoms with Crippen LogP contribution in [0.1, 0.15) is 26.3 Å². The van der Waals surface area contributed by atoms with Crippen molar-refractivity contribution in [1.29, 1.82) is 0 Å². The third-order valence-electron chi connectivity index (χ3n) is 7.55. The number of H-pyrrole nitrogens is 1. The Morgan fingerprint density at radius 2 is 1.71 bits per heavy atom. The first kappa shape index (κ1) is 29.6. The molecule has 0 saturated carbocycles. The van der Waals surface area contributed by atoms with Crippen molar-refractivity contribution in [2.24, 2.45) is 0 Å². The monoisotopic (exact) mass is 590 g/mol. The van der Waals surface area contributed by atoms with Crippen molar-refractivity contribution in [3.05, 3.63) is 78.4 Å². The van der Waals surface area contributed by atoms with Gasteiger partial charge in [-0.05, 0) is 46.9 Å². The Morgan fingerprint density at radius 1 is 1.02 bits per heavy atom. The number of nitrogens with one attached hydrogen (secondary N) is 2. The molecular formula is C32H38N4O5S. The first-order valence-electron chi connectivity index (χ1n) is 14.1. The zero-order chi connectivity index (χ0) is 29.9. The second-order valence-corrected chi connectivity index (χ2v) is 13.4. The van der Waals surface area contributed by atoms with Gasteiger partial charge in [0.25, 0.3) is 10.0 Å². The molecule has 1 fully saturated rings. The van der Waals surface area contributed by atoms with E-state index in [9.17, 15) is 13.2 Å². The Balaban J connectivity index is 1.42. The van der Waals surface area contributed by atoms with Gasteiger partial charge in [-0.25, -0.2) is 13.2 Å². The molecule has 2 N–H and O–H groups in total. The molecule has 2 heterocycles. The molecule has 0 atom stereocenters. The number of aromatic amines is 1. The Labute approximate surface area is 247 Å². The number of fused-ring (bicyclic) bond motifs is 1. The van der Waals surface area contributed by atoms with Gasteiger partial charge in [-0.1, -0.05) is 63.2 Å². The number of hydrogen-bond acceptors (Lipinski definition) is 6. The number of ether oxygens (including phenoxy) is 2. The predicted molar refractivity (Wildman–Crippen MR) is 166 cm³/mol. The van der Waals surface area contributed by atoms with Crippen molar-refractivity contribution in [3.63, 3.8) is 0 Å². The fourth-order valence-electron chi connectivity index (χ4n) is 5.01. The maximum absolute atomic E-state index is 13.6. The van der Waals surface area contributed by atoms with E-state index in [4.69, 9.17) is 9.47 Å². The first-order chi connectivity index (χ1) is 20.0. The fourth-order valence-corrected chi connectivity index (χ4v) is 6.20. The number of morpholine rings is 1. The van der Waals surface area contributed by atoms with Crippen LogP contribution in [0.25, 0.3) is 22.0 Å². The predicted octanol–water partition coefficient (Wildman–Crippen LogP) is 5.38. The quantitative estimate of drug-likeness (QED) is 0.286. The maximum atomic E-state index is 13.6. The van der Waals surface area contributed by atoms with Crippen molar-refractivity contribution in [3.8, 4) is 17.0 Å². The molecule has 0 bridgehead atoms. The van der Waals surface area contributed by atoms with E-state index in [2.05, 4.69) is 36.0 Å². The zero-order valence-electron chi connectivity index (χ0n) is 24.5. The molecule has 1 aliphatic heterocycles. The van der Waals surface area contributed by atoms with Crippen molar-refractivity contribution in [1.82, 2.24) is 15.2 Å². The van der Waals surface area contributed by atoms with Gasteiger partial charge in [0.05, 0.1) is 29.4 Å². The summed E-state index contributed by atoms with van der Waals surface area (Å²) in [4.78, 5) is 18.4. The van der Waals surface area contributed by atoms with E-state index >= 15 is 0 Å². The van der Waals surface area contributed by atoms with Crippen LogP contribution in [-0.4, -0.2) is 70.8 Å². The standard InChI is InChI=1S/C32H38N4O5S/c1-32(2,3)24-10-13-26(14-11-24)42(38,39)35(4)25-12-15-28-27(22-25)29(23-8-6-5-7-9-23)30(34-28)41-31(37)33-16-17-36-18-20-40-21-19-36/h5-15,22,34H,16-21H2,1-4H3,(H,33,37). The van der Waals surface area contributed by atoms with Crippen LogP contribution in [0.15, 0.2) is 77.7 Å². The van der Waals surface area contributed by atoms with Crippen LogP contribution in [0, 0.1) is 0 Å². The van der Waals surface area contributed by atoms with Gasteiger partial charge < -0.3 is 19.8 Å². The molecular weight excluding hydrogens is 552 g/mol. The number of amides is 1. The largest absolute Gasteiger partial charge is 0.413 e.